The van der Waals surface area contributed by atoms with Gasteiger partial charge in [0, 0.05) is 17.7 Å². The van der Waals surface area contributed by atoms with Gasteiger partial charge in [0.25, 0.3) is 0 Å². The fourth-order valence-corrected chi connectivity index (χ4v) is 2.42. The van der Waals surface area contributed by atoms with E-state index < -0.39 is 0 Å². The molecule has 0 radical (unpaired) electrons. The van der Waals surface area contributed by atoms with Crippen molar-refractivity contribution < 1.29 is 0 Å². The lowest BCUT2D eigenvalue weighted by atomic mass is 9.90. The summed E-state index contributed by atoms with van der Waals surface area (Å²) in [4.78, 5) is 4.95. The summed E-state index contributed by atoms with van der Waals surface area (Å²) in [6, 6.07) is 0.525. The van der Waals surface area contributed by atoms with Gasteiger partial charge in [0.1, 0.15) is 0 Å². The van der Waals surface area contributed by atoms with Gasteiger partial charge in [0.05, 0.1) is 0 Å². The molecule has 0 aliphatic heterocycles. The highest BCUT2D eigenvalue weighted by Crippen LogP contribution is 2.21. The molecule has 0 aliphatic carbocycles. The van der Waals surface area contributed by atoms with Gasteiger partial charge in [-0.05, 0) is 32.1 Å². The Morgan fingerprint density at radius 2 is 1.68 bits per heavy atom. The van der Waals surface area contributed by atoms with Crippen LogP contribution in [0.2, 0.25) is 0 Å². The van der Waals surface area contributed by atoms with Crippen molar-refractivity contribution in [3.05, 3.63) is 24.3 Å². The summed E-state index contributed by atoms with van der Waals surface area (Å²) in [5.41, 5.74) is 0.153. The predicted molar refractivity (Wildman–Crippen MR) is 103 cm³/mol. The van der Waals surface area contributed by atoms with Crippen LogP contribution in [-0.4, -0.2) is 12.3 Å². The molecule has 1 atom stereocenters. The Hall–Kier alpha value is -0.850. The van der Waals surface area contributed by atoms with E-state index in [1.165, 1.54) is 38.5 Å². The normalized spacial score (nSPS) is 14.9. The molecule has 0 aromatic heterocycles. The fourth-order valence-electron chi connectivity index (χ4n) is 2.42. The molecule has 128 valence electrons. The number of hydrogen-bond donors (Lipinski definition) is 0. The van der Waals surface area contributed by atoms with Gasteiger partial charge < -0.3 is 0 Å². The number of rotatable bonds is 12. The van der Waals surface area contributed by atoms with Gasteiger partial charge in [-0.3, -0.25) is 4.99 Å². The molecule has 0 aromatic carbocycles. The maximum Gasteiger partial charge on any atom is 0.0496 e. The molecule has 1 heteroatoms. The highest BCUT2D eigenvalue weighted by molar-refractivity contribution is 5.65. The first-order valence-electron chi connectivity index (χ1n) is 9.23. The summed E-state index contributed by atoms with van der Waals surface area (Å²) in [7, 11) is 0. The van der Waals surface area contributed by atoms with Gasteiger partial charge in [-0.2, -0.15) is 0 Å². The molecule has 0 saturated carbocycles. The minimum absolute atomic E-state index is 0.153. The van der Waals surface area contributed by atoms with Gasteiger partial charge in [0.2, 0.25) is 0 Å². The smallest absolute Gasteiger partial charge is 0.0496 e. The molecule has 0 spiro atoms. The van der Waals surface area contributed by atoms with Crippen molar-refractivity contribution in [1.29, 1.82) is 0 Å². The number of unbranched alkanes of at least 4 members (excludes halogenated alkanes) is 1. The Kier molecular flexibility index (Phi) is 12.2. The zero-order valence-electron chi connectivity index (χ0n) is 15.9. The summed E-state index contributed by atoms with van der Waals surface area (Å²) >= 11 is 0. The monoisotopic (exact) mass is 305 g/mol. The molecule has 0 aliphatic rings. The Morgan fingerprint density at radius 3 is 2.27 bits per heavy atom. The van der Waals surface area contributed by atoms with Crippen LogP contribution < -0.4 is 0 Å². The second-order valence-electron chi connectivity index (χ2n) is 7.55. The van der Waals surface area contributed by atoms with Gasteiger partial charge in [0.15, 0.2) is 0 Å². The number of allylic oxidation sites excluding steroid dienone is 4. The summed E-state index contributed by atoms with van der Waals surface area (Å²) in [5, 5.41) is 0. The SMILES string of the molecule is C/C=C\C=C/CC(C)(C)C=NC(CCCC)CCCC(C)C. The zero-order chi connectivity index (χ0) is 16.8. The van der Waals surface area contributed by atoms with E-state index in [2.05, 4.69) is 65.1 Å². The van der Waals surface area contributed by atoms with Gasteiger partial charge in [-0.1, -0.05) is 84.6 Å². The second-order valence-corrected chi connectivity index (χ2v) is 7.55. The maximum atomic E-state index is 4.95. The van der Waals surface area contributed by atoms with E-state index in [0.717, 1.165) is 12.3 Å². The van der Waals surface area contributed by atoms with Crippen LogP contribution >= 0.6 is 0 Å². The Bertz CT molecular complexity index is 334. The molecule has 0 fully saturated rings. The van der Waals surface area contributed by atoms with Crippen molar-refractivity contribution in [2.75, 3.05) is 0 Å². The molecule has 0 rings (SSSR count). The molecule has 0 aromatic rings. The molecule has 0 heterocycles. The van der Waals surface area contributed by atoms with E-state index in [1.54, 1.807) is 0 Å². The molecule has 1 unspecified atom stereocenters. The summed E-state index contributed by atoms with van der Waals surface area (Å²) in [6.07, 6.45) is 19.5. The topological polar surface area (TPSA) is 12.4 Å². The molecule has 1 nitrogen and oxygen atoms in total. The van der Waals surface area contributed by atoms with E-state index in [1.807, 2.05) is 6.92 Å². The number of aliphatic imine (C=N–C) groups is 1. The molecule has 22 heavy (non-hydrogen) atoms. The van der Waals surface area contributed by atoms with Crippen LogP contribution in [0.25, 0.3) is 0 Å². The van der Waals surface area contributed by atoms with Crippen LogP contribution in [0.5, 0.6) is 0 Å². The lowest BCUT2D eigenvalue weighted by molar-refractivity contribution is 0.468. The van der Waals surface area contributed by atoms with E-state index in [4.69, 9.17) is 4.99 Å². The molecule has 0 N–H and O–H groups in total. The summed E-state index contributed by atoms with van der Waals surface area (Å²) < 4.78 is 0. The van der Waals surface area contributed by atoms with Crippen molar-refractivity contribution in [2.24, 2.45) is 16.3 Å². The highest BCUT2D eigenvalue weighted by atomic mass is 14.8. The molecule has 0 bridgehead atoms. The van der Waals surface area contributed by atoms with Crippen LogP contribution in [0.4, 0.5) is 0 Å². The quantitative estimate of drug-likeness (QED) is 0.272. The van der Waals surface area contributed by atoms with Crippen molar-refractivity contribution in [3.63, 3.8) is 0 Å². The van der Waals surface area contributed by atoms with Crippen LogP contribution in [0.3, 0.4) is 0 Å². The van der Waals surface area contributed by atoms with Crippen molar-refractivity contribution in [1.82, 2.24) is 0 Å². The first-order chi connectivity index (χ1) is 10.4. The second kappa shape index (κ2) is 12.7. The Morgan fingerprint density at radius 1 is 1.00 bits per heavy atom. The first-order valence-corrected chi connectivity index (χ1v) is 9.23. The average Bonchev–Trinajstić information content (AvgIpc) is 2.45. The Labute approximate surface area is 140 Å². The number of hydrogen-bond acceptors (Lipinski definition) is 1. The lowest BCUT2D eigenvalue weighted by Crippen LogP contribution is -2.15. The minimum atomic E-state index is 0.153. The zero-order valence-corrected chi connectivity index (χ0v) is 15.9. The third-order valence-corrected chi connectivity index (χ3v) is 3.93. The average molecular weight is 306 g/mol. The standard InChI is InChI=1S/C21H39N/c1-7-9-11-12-17-21(5,6)18-22-20(15-10-8-2)16-13-14-19(3)4/h7,9,11-12,18-20H,8,10,13-17H2,1-6H3/b9-7-,12-11-,22-18?. The third-order valence-electron chi connectivity index (χ3n) is 3.93. The van der Waals surface area contributed by atoms with Gasteiger partial charge in [-0.25, -0.2) is 0 Å². The van der Waals surface area contributed by atoms with E-state index in [-0.39, 0.29) is 5.41 Å². The van der Waals surface area contributed by atoms with Crippen molar-refractivity contribution >= 4 is 6.21 Å². The molecular weight excluding hydrogens is 266 g/mol. The van der Waals surface area contributed by atoms with E-state index in [0.29, 0.717) is 6.04 Å². The summed E-state index contributed by atoms with van der Waals surface area (Å²) in [5.74, 6) is 0.809. The highest BCUT2D eigenvalue weighted by Gasteiger charge is 2.14. The van der Waals surface area contributed by atoms with Gasteiger partial charge >= 0.3 is 0 Å². The van der Waals surface area contributed by atoms with Crippen LogP contribution in [0.1, 0.15) is 86.5 Å². The molecule has 0 saturated heterocycles. The van der Waals surface area contributed by atoms with Crippen LogP contribution in [-0.2, 0) is 0 Å². The lowest BCUT2D eigenvalue weighted by Gasteiger charge is -2.19. The largest absolute Gasteiger partial charge is 0.294 e. The summed E-state index contributed by atoms with van der Waals surface area (Å²) in [6.45, 7) is 13.5. The van der Waals surface area contributed by atoms with Crippen LogP contribution in [0, 0.1) is 11.3 Å². The molecular formula is C21H39N. The fraction of sp³-hybridized carbons (Fsp3) is 0.762. The first kappa shape index (κ1) is 21.1. The van der Waals surface area contributed by atoms with E-state index in [9.17, 15) is 0 Å². The predicted octanol–water partition coefficient (Wildman–Crippen LogP) is 6.99. The van der Waals surface area contributed by atoms with Crippen molar-refractivity contribution in [2.45, 2.75) is 92.5 Å². The van der Waals surface area contributed by atoms with Gasteiger partial charge in [-0.15, -0.1) is 0 Å². The van der Waals surface area contributed by atoms with Crippen LogP contribution in [0.15, 0.2) is 29.3 Å². The Balaban J connectivity index is 4.45. The minimum Gasteiger partial charge on any atom is -0.294 e. The number of nitrogens with zero attached hydrogens (tertiary/aromatic N) is 1. The van der Waals surface area contributed by atoms with Crippen molar-refractivity contribution in [3.8, 4) is 0 Å². The van der Waals surface area contributed by atoms with E-state index >= 15 is 0 Å². The maximum absolute atomic E-state index is 4.95. The molecule has 0 amide bonds. The third kappa shape index (κ3) is 12.9.